The highest BCUT2D eigenvalue weighted by atomic mass is 16.6. The van der Waals surface area contributed by atoms with E-state index in [1.807, 2.05) is 39.0 Å². The van der Waals surface area contributed by atoms with Crippen LogP contribution in [-0.2, 0) is 9.53 Å². The highest BCUT2D eigenvalue weighted by Crippen LogP contribution is 2.28. The smallest absolute Gasteiger partial charge is 0.309 e. The largest absolute Gasteiger partial charge is 0.460 e. The van der Waals surface area contributed by atoms with Crippen molar-refractivity contribution in [3.05, 3.63) is 35.9 Å². The Morgan fingerprint density at radius 3 is 2.58 bits per heavy atom. The van der Waals surface area contributed by atoms with Gasteiger partial charge in [0, 0.05) is 6.04 Å². The van der Waals surface area contributed by atoms with Gasteiger partial charge in [0.25, 0.3) is 0 Å². The van der Waals surface area contributed by atoms with Gasteiger partial charge in [-0.2, -0.15) is 0 Å². The molecule has 1 aliphatic heterocycles. The third kappa shape index (κ3) is 4.06. The van der Waals surface area contributed by atoms with Gasteiger partial charge in [-0.1, -0.05) is 30.3 Å². The number of carbonyl (C=O) groups excluding carboxylic acids is 1. The van der Waals surface area contributed by atoms with Gasteiger partial charge in [0.1, 0.15) is 5.60 Å². The molecule has 1 fully saturated rings. The van der Waals surface area contributed by atoms with Crippen molar-refractivity contribution >= 4 is 5.97 Å². The first kappa shape index (κ1) is 14.1. The van der Waals surface area contributed by atoms with Crippen LogP contribution in [0.5, 0.6) is 0 Å². The molecule has 0 spiro atoms. The molecule has 1 aliphatic rings. The Labute approximate surface area is 115 Å². The number of hydrogen-bond acceptors (Lipinski definition) is 3. The predicted octanol–water partition coefficient (Wildman–Crippen LogP) is 3.07. The summed E-state index contributed by atoms with van der Waals surface area (Å²) in [7, 11) is 0. The summed E-state index contributed by atoms with van der Waals surface area (Å²) >= 11 is 0. The van der Waals surface area contributed by atoms with Gasteiger partial charge in [-0.05, 0) is 45.7 Å². The molecule has 2 rings (SSSR count). The van der Waals surface area contributed by atoms with Gasteiger partial charge in [-0.25, -0.2) is 0 Å². The van der Waals surface area contributed by atoms with E-state index in [-0.39, 0.29) is 17.9 Å². The first-order chi connectivity index (χ1) is 8.96. The highest BCUT2D eigenvalue weighted by Gasteiger charge is 2.30. The zero-order valence-corrected chi connectivity index (χ0v) is 12.0. The molecule has 3 nitrogen and oxygen atoms in total. The number of hydrogen-bond donors (Lipinski definition) is 1. The van der Waals surface area contributed by atoms with Crippen LogP contribution in [0.15, 0.2) is 30.3 Å². The molecular formula is C16H23NO2. The summed E-state index contributed by atoms with van der Waals surface area (Å²) in [6.45, 7) is 6.62. The van der Waals surface area contributed by atoms with Crippen LogP contribution in [0.25, 0.3) is 0 Å². The number of nitrogens with one attached hydrogen (secondary N) is 1. The molecule has 1 heterocycles. The highest BCUT2D eigenvalue weighted by molar-refractivity contribution is 5.73. The van der Waals surface area contributed by atoms with Gasteiger partial charge < -0.3 is 10.1 Å². The van der Waals surface area contributed by atoms with Gasteiger partial charge in [0.05, 0.1) is 5.92 Å². The van der Waals surface area contributed by atoms with E-state index in [0.29, 0.717) is 0 Å². The van der Waals surface area contributed by atoms with Crippen molar-refractivity contribution in [1.29, 1.82) is 0 Å². The summed E-state index contributed by atoms with van der Waals surface area (Å²) in [5, 5.41) is 3.48. The van der Waals surface area contributed by atoms with E-state index in [9.17, 15) is 4.79 Å². The predicted molar refractivity (Wildman–Crippen MR) is 75.8 cm³/mol. The Morgan fingerprint density at radius 1 is 1.26 bits per heavy atom. The van der Waals surface area contributed by atoms with E-state index in [1.54, 1.807) is 0 Å². The maximum atomic E-state index is 12.1. The van der Waals surface area contributed by atoms with Gasteiger partial charge in [0.2, 0.25) is 0 Å². The van der Waals surface area contributed by atoms with Crippen LogP contribution in [0.3, 0.4) is 0 Å². The van der Waals surface area contributed by atoms with Crippen molar-refractivity contribution in [2.75, 3.05) is 6.54 Å². The van der Waals surface area contributed by atoms with Crippen LogP contribution >= 0.6 is 0 Å². The number of benzene rings is 1. The zero-order valence-electron chi connectivity index (χ0n) is 12.0. The van der Waals surface area contributed by atoms with E-state index < -0.39 is 5.60 Å². The number of esters is 1. The van der Waals surface area contributed by atoms with Crippen LogP contribution in [0, 0.1) is 5.92 Å². The lowest BCUT2D eigenvalue weighted by Crippen LogP contribution is -2.37. The van der Waals surface area contributed by atoms with Crippen molar-refractivity contribution in [3.8, 4) is 0 Å². The van der Waals surface area contributed by atoms with Crippen molar-refractivity contribution in [3.63, 3.8) is 0 Å². The van der Waals surface area contributed by atoms with Gasteiger partial charge >= 0.3 is 5.97 Å². The molecule has 0 aromatic heterocycles. The average molecular weight is 261 g/mol. The Hall–Kier alpha value is -1.35. The van der Waals surface area contributed by atoms with Crippen molar-refractivity contribution < 1.29 is 9.53 Å². The lowest BCUT2D eigenvalue weighted by Gasteiger charge is -2.31. The fraction of sp³-hybridized carbons (Fsp3) is 0.562. The van der Waals surface area contributed by atoms with Crippen molar-refractivity contribution in [2.45, 2.75) is 45.3 Å². The van der Waals surface area contributed by atoms with Crippen LogP contribution in [-0.4, -0.2) is 18.1 Å². The zero-order chi connectivity index (χ0) is 13.9. The average Bonchev–Trinajstić information content (AvgIpc) is 2.38. The maximum Gasteiger partial charge on any atom is 0.309 e. The van der Waals surface area contributed by atoms with E-state index in [4.69, 9.17) is 4.74 Å². The van der Waals surface area contributed by atoms with Gasteiger partial charge in [0.15, 0.2) is 0 Å². The van der Waals surface area contributed by atoms with E-state index >= 15 is 0 Å². The van der Waals surface area contributed by atoms with E-state index in [1.165, 1.54) is 5.56 Å². The second-order valence-corrected chi connectivity index (χ2v) is 6.17. The monoisotopic (exact) mass is 261 g/mol. The maximum absolute atomic E-state index is 12.1. The molecule has 104 valence electrons. The summed E-state index contributed by atoms with van der Waals surface area (Å²) in [5.74, 6) is -0.0550. The van der Waals surface area contributed by atoms with Gasteiger partial charge in [-0.3, -0.25) is 4.79 Å². The molecule has 19 heavy (non-hydrogen) atoms. The minimum atomic E-state index is -0.399. The number of ether oxygens (including phenoxy) is 1. The van der Waals surface area contributed by atoms with E-state index in [0.717, 1.165) is 19.4 Å². The topological polar surface area (TPSA) is 38.3 Å². The first-order valence-corrected chi connectivity index (χ1v) is 6.97. The molecule has 3 heteroatoms. The third-order valence-electron chi connectivity index (χ3n) is 3.35. The summed E-state index contributed by atoms with van der Waals surface area (Å²) in [4.78, 5) is 12.1. The molecule has 0 saturated carbocycles. The summed E-state index contributed by atoms with van der Waals surface area (Å²) < 4.78 is 5.49. The standard InChI is InChI=1S/C16H23NO2/c1-16(2,3)19-15(18)13-9-10-17-14(11-13)12-7-5-4-6-8-12/h4-8,13-14,17H,9-11H2,1-3H3/t13-,14+/m0/s1. The number of rotatable bonds is 2. The fourth-order valence-electron chi connectivity index (χ4n) is 2.46. The second kappa shape index (κ2) is 5.74. The fourth-order valence-corrected chi connectivity index (χ4v) is 2.46. The van der Waals surface area contributed by atoms with Gasteiger partial charge in [-0.15, -0.1) is 0 Å². The van der Waals surface area contributed by atoms with Crippen molar-refractivity contribution in [1.82, 2.24) is 5.32 Å². The molecule has 1 aromatic rings. The molecular weight excluding hydrogens is 238 g/mol. The third-order valence-corrected chi connectivity index (χ3v) is 3.35. The molecule has 1 saturated heterocycles. The van der Waals surface area contributed by atoms with E-state index in [2.05, 4.69) is 17.4 Å². The Balaban J connectivity index is 2.00. The normalized spacial score (nSPS) is 23.9. The summed E-state index contributed by atoms with van der Waals surface area (Å²) in [6.07, 6.45) is 1.68. The summed E-state index contributed by atoms with van der Waals surface area (Å²) in [6, 6.07) is 10.6. The molecule has 2 atom stereocenters. The minimum Gasteiger partial charge on any atom is -0.460 e. The Morgan fingerprint density at radius 2 is 1.95 bits per heavy atom. The SMILES string of the molecule is CC(C)(C)OC(=O)[C@H]1CCN[C@@H](c2ccccc2)C1. The quantitative estimate of drug-likeness (QED) is 0.831. The molecule has 0 amide bonds. The molecule has 0 radical (unpaired) electrons. The van der Waals surface area contributed by atoms with Crippen LogP contribution < -0.4 is 5.32 Å². The minimum absolute atomic E-state index is 0.00526. The Bertz CT molecular complexity index is 422. The van der Waals surface area contributed by atoms with Crippen molar-refractivity contribution in [2.24, 2.45) is 5.92 Å². The lowest BCUT2D eigenvalue weighted by atomic mass is 9.88. The number of piperidine rings is 1. The summed E-state index contributed by atoms with van der Waals surface area (Å²) in [5.41, 5.74) is 0.847. The van der Waals surface area contributed by atoms with Crippen LogP contribution in [0.2, 0.25) is 0 Å². The number of carbonyl (C=O) groups is 1. The Kier molecular flexibility index (Phi) is 4.25. The molecule has 1 N–H and O–H groups in total. The first-order valence-electron chi connectivity index (χ1n) is 6.97. The molecule has 0 bridgehead atoms. The molecule has 0 unspecified atom stereocenters. The lowest BCUT2D eigenvalue weighted by molar-refractivity contribution is -0.161. The second-order valence-electron chi connectivity index (χ2n) is 6.17. The van der Waals surface area contributed by atoms with Crippen LogP contribution in [0.4, 0.5) is 0 Å². The molecule has 1 aromatic carbocycles. The van der Waals surface area contributed by atoms with Crippen LogP contribution in [0.1, 0.15) is 45.2 Å². The molecule has 0 aliphatic carbocycles.